The zero-order chi connectivity index (χ0) is 11.9. The monoisotopic (exact) mass is 228 g/mol. The van der Waals surface area contributed by atoms with Gasteiger partial charge in [0, 0.05) is 25.8 Å². The first kappa shape index (κ1) is 13.9. The van der Waals surface area contributed by atoms with Crippen LogP contribution in [-0.4, -0.2) is 44.3 Å². The fraction of sp³-hybridized carbons (Fsp3) is 1.00. The van der Waals surface area contributed by atoms with Gasteiger partial charge in [-0.25, -0.2) is 0 Å². The number of hydrogen-bond acceptors (Lipinski definition) is 3. The minimum absolute atomic E-state index is 0.297. The number of ether oxygens (including phenoxy) is 1. The maximum absolute atomic E-state index is 6.00. The van der Waals surface area contributed by atoms with E-state index in [-0.39, 0.29) is 0 Å². The highest BCUT2D eigenvalue weighted by Gasteiger charge is 2.33. The third kappa shape index (κ3) is 3.72. The molecule has 3 nitrogen and oxygen atoms in total. The van der Waals surface area contributed by atoms with E-state index in [0.29, 0.717) is 5.54 Å². The van der Waals surface area contributed by atoms with E-state index < -0.39 is 0 Å². The van der Waals surface area contributed by atoms with Crippen LogP contribution in [0.25, 0.3) is 0 Å². The van der Waals surface area contributed by atoms with Gasteiger partial charge in [-0.3, -0.25) is 4.90 Å². The molecule has 96 valence electrons. The molecule has 0 aromatic heterocycles. The van der Waals surface area contributed by atoms with Crippen LogP contribution in [-0.2, 0) is 4.74 Å². The Morgan fingerprint density at radius 3 is 2.44 bits per heavy atom. The number of nitrogens with two attached hydrogens (primary N) is 1. The number of unbranched alkanes of at least 4 members (excludes halogenated alkanes) is 1. The van der Waals surface area contributed by atoms with Crippen molar-refractivity contribution < 1.29 is 4.74 Å². The van der Waals surface area contributed by atoms with Crippen LogP contribution < -0.4 is 5.73 Å². The van der Waals surface area contributed by atoms with E-state index in [2.05, 4.69) is 11.9 Å². The summed E-state index contributed by atoms with van der Waals surface area (Å²) in [5.41, 5.74) is 6.30. The lowest BCUT2D eigenvalue weighted by atomic mass is 9.80. The molecule has 0 bridgehead atoms. The number of likely N-dealkylation sites (N-methyl/N-ethyl adjacent to an activating group) is 1. The van der Waals surface area contributed by atoms with Gasteiger partial charge in [0.1, 0.15) is 0 Å². The van der Waals surface area contributed by atoms with Crippen molar-refractivity contribution in [2.24, 2.45) is 5.73 Å². The Bertz CT molecular complexity index is 179. The molecule has 1 saturated carbocycles. The maximum atomic E-state index is 6.00. The van der Waals surface area contributed by atoms with Crippen LogP contribution in [0.1, 0.15) is 44.9 Å². The first-order valence-electron chi connectivity index (χ1n) is 6.65. The van der Waals surface area contributed by atoms with Crippen molar-refractivity contribution in [3.05, 3.63) is 0 Å². The highest BCUT2D eigenvalue weighted by atomic mass is 16.5. The highest BCUT2D eigenvalue weighted by molar-refractivity contribution is 4.92. The van der Waals surface area contributed by atoms with Crippen molar-refractivity contribution in [1.82, 2.24) is 4.90 Å². The van der Waals surface area contributed by atoms with Gasteiger partial charge >= 0.3 is 0 Å². The molecule has 2 N–H and O–H groups in total. The molecule has 0 saturated heterocycles. The predicted octanol–water partition coefficient (Wildman–Crippen LogP) is 2.01. The Kier molecular flexibility index (Phi) is 6.32. The summed E-state index contributed by atoms with van der Waals surface area (Å²) < 4.78 is 5.08. The molecule has 0 heterocycles. The summed E-state index contributed by atoms with van der Waals surface area (Å²) in [5, 5.41) is 0. The molecule has 0 spiro atoms. The van der Waals surface area contributed by atoms with Gasteiger partial charge in [0.2, 0.25) is 0 Å². The van der Waals surface area contributed by atoms with E-state index in [1.807, 2.05) is 0 Å². The van der Waals surface area contributed by atoms with E-state index in [4.69, 9.17) is 10.5 Å². The van der Waals surface area contributed by atoms with Crippen LogP contribution in [0.5, 0.6) is 0 Å². The van der Waals surface area contributed by atoms with Crippen molar-refractivity contribution in [2.75, 3.05) is 33.9 Å². The normalized spacial score (nSPS) is 20.2. The quantitative estimate of drug-likeness (QED) is 0.677. The summed E-state index contributed by atoms with van der Waals surface area (Å²) >= 11 is 0. The van der Waals surface area contributed by atoms with Gasteiger partial charge in [0.25, 0.3) is 0 Å². The minimum Gasteiger partial charge on any atom is -0.385 e. The molecule has 1 rings (SSSR count). The third-order valence-electron chi connectivity index (χ3n) is 4.07. The Labute approximate surface area is 100 Å². The molecule has 16 heavy (non-hydrogen) atoms. The van der Waals surface area contributed by atoms with Crippen LogP contribution >= 0.6 is 0 Å². The number of nitrogens with zero attached hydrogens (tertiary/aromatic N) is 1. The molecule has 3 heteroatoms. The molecule has 0 aliphatic heterocycles. The van der Waals surface area contributed by atoms with E-state index in [1.54, 1.807) is 7.11 Å². The molecular formula is C13H28N2O. The minimum atomic E-state index is 0.297. The predicted molar refractivity (Wildman–Crippen MR) is 68.6 cm³/mol. The Hall–Kier alpha value is -0.120. The molecule has 0 aromatic rings. The summed E-state index contributed by atoms with van der Waals surface area (Å²) in [5.74, 6) is 0. The molecule has 0 unspecified atom stereocenters. The summed E-state index contributed by atoms with van der Waals surface area (Å²) in [6, 6.07) is 0. The first-order valence-corrected chi connectivity index (χ1v) is 6.65. The van der Waals surface area contributed by atoms with Gasteiger partial charge in [0.15, 0.2) is 0 Å². The fourth-order valence-corrected chi connectivity index (χ4v) is 2.78. The van der Waals surface area contributed by atoms with Gasteiger partial charge in [-0.05, 0) is 39.3 Å². The van der Waals surface area contributed by atoms with Crippen LogP contribution in [0.3, 0.4) is 0 Å². The van der Waals surface area contributed by atoms with Gasteiger partial charge in [-0.2, -0.15) is 0 Å². The van der Waals surface area contributed by atoms with E-state index in [9.17, 15) is 0 Å². The van der Waals surface area contributed by atoms with Crippen molar-refractivity contribution in [3.8, 4) is 0 Å². The Morgan fingerprint density at radius 1 is 1.19 bits per heavy atom. The Balaban J connectivity index is 2.33. The lowest BCUT2D eigenvalue weighted by Gasteiger charge is -2.44. The van der Waals surface area contributed by atoms with Crippen molar-refractivity contribution in [2.45, 2.75) is 50.5 Å². The van der Waals surface area contributed by atoms with E-state index in [0.717, 1.165) is 26.1 Å². The lowest BCUT2D eigenvalue weighted by molar-refractivity contribution is 0.0782. The molecular weight excluding hydrogens is 200 g/mol. The zero-order valence-corrected chi connectivity index (χ0v) is 11.0. The number of methoxy groups -OCH3 is 1. The van der Waals surface area contributed by atoms with E-state index >= 15 is 0 Å². The molecule has 1 aliphatic rings. The first-order chi connectivity index (χ1) is 7.75. The summed E-state index contributed by atoms with van der Waals surface area (Å²) in [6.45, 7) is 2.85. The fourth-order valence-electron chi connectivity index (χ4n) is 2.78. The average Bonchev–Trinajstić information content (AvgIpc) is 2.35. The molecule has 0 radical (unpaired) electrons. The topological polar surface area (TPSA) is 38.5 Å². The molecule has 0 aromatic carbocycles. The smallest absolute Gasteiger partial charge is 0.0462 e. The van der Waals surface area contributed by atoms with Gasteiger partial charge < -0.3 is 10.5 Å². The van der Waals surface area contributed by atoms with Crippen molar-refractivity contribution in [1.29, 1.82) is 0 Å². The SMILES string of the molecule is COCCCCN(C)C1(CN)CCCCC1. The zero-order valence-electron chi connectivity index (χ0n) is 11.0. The second-order valence-corrected chi connectivity index (χ2v) is 5.11. The van der Waals surface area contributed by atoms with Crippen LogP contribution in [0, 0.1) is 0 Å². The maximum Gasteiger partial charge on any atom is 0.0462 e. The second kappa shape index (κ2) is 7.25. The largest absolute Gasteiger partial charge is 0.385 e. The van der Waals surface area contributed by atoms with Gasteiger partial charge in [0.05, 0.1) is 0 Å². The second-order valence-electron chi connectivity index (χ2n) is 5.11. The van der Waals surface area contributed by atoms with Gasteiger partial charge in [-0.15, -0.1) is 0 Å². The molecule has 1 aliphatic carbocycles. The number of hydrogen-bond donors (Lipinski definition) is 1. The number of rotatable bonds is 7. The standard InChI is InChI=1S/C13H28N2O/c1-15(10-6-7-11-16-2)13(12-14)8-4-3-5-9-13/h3-12,14H2,1-2H3. The highest BCUT2D eigenvalue weighted by Crippen LogP contribution is 2.32. The molecule has 1 fully saturated rings. The molecule has 0 atom stereocenters. The Morgan fingerprint density at radius 2 is 1.88 bits per heavy atom. The van der Waals surface area contributed by atoms with Crippen LogP contribution in [0.4, 0.5) is 0 Å². The van der Waals surface area contributed by atoms with Crippen molar-refractivity contribution >= 4 is 0 Å². The van der Waals surface area contributed by atoms with Crippen LogP contribution in [0.15, 0.2) is 0 Å². The van der Waals surface area contributed by atoms with Crippen molar-refractivity contribution in [3.63, 3.8) is 0 Å². The molecule has 0 amide bonds. The third-order valence-corrected chi connectivity index (χ3v) is 4.07. The summed E-state index contributed by atoms with van der Waals surface area (Å²) in [4.78, 5) is 2.50. The van der Waals surface area contributed by atoms with E-state index in [1.165, 1.54) is 38.5 Å². The summed E-state index contributed by atoms with van der Waals surface area (Å²) in [6.07, 6.45) is 9.01. The van der Waals surface area contributed by atoms with Crippen LogP contribution in [0.2, 0.25) is 0 Å². The van der Waals surface area contributed by atoms with Gasteiger partial charge in [-0.1, -0.05) is 19.3 Å². The summed E-state index contributed by atoms with van der Waals surface area (Å²) in [7, 11) is 4.01. The average molecular weight is 228 g/mol. The lowest BCUT2D eigenvalue weighted by Crippen LogP contribution is -2.53.